The number of benzene rings is 1. The first-order valence-electron chi connectivity index (χ1n) is 11.4. The number of sulfonamides is 1. The molecule has 0 radical (unpaired) electrons. The Labute approximate surface area is 211 Å². The summed E-state index contributed by atoms with van der Waals surface area (Å²) in [5, 5.41) is 2.66. The molecule has 0 unspecified atom stereocenters. The van der Waals surface area contributed by atoms with Crippen molar-refractivity contribution in [1.82, 2.24) is 19.2 Å². The number of nitrogens with zero attached hydrogens (tertiary/aromatic N) is 2. The molecule has 2 aromatic heterocycles. The van der Waals surface area contributed by atoms with Crippen molar-refractivity contribution in [2.75, 3.05) is 25.0 Å². The largest absolute Gasteiger partial charge is 0.489 e. The molecule has 11 nitrogen and oxygen atoms in total. The molecule has 1 fully saturated rings. The molecule has 2 aliphatic rings. The first-order chi connectivity index (χ1) is 17.5. The third-order valence-corrected chi connectivity index (χ3v) is 8.01. The van der Waals surface area contributed by atoms with Crippen LogP contribution < -0.4 is 20.3 Å². The van der Waals surface area contributed by atoms with Crippen LogP contribution in [0.25, 0.3) is 0 Å². The first-order valence-corrected chi connectivity index (χ1v) is 12.9. The van der Waals surface area contributed by atoms with Crippen LogP contribution in [0.5, 0.6) is 5.75 Å². The Morgan fingerprint density at radius 3 is 2.68 bits per heavy atom. The fourth-order valence-corrected chi connectivity index (χ4v) is 6.09. The number of H-pyrrole nitrogens is 1. The van der Waals surface area contributed by atoms with Crippen LogP contribution in [-0.4, -0.2) is 60.4 Å². The van der Waals surface area contributed by atoms with Crippen LogP contribution in [0.1, 0.15) is 26.4 Å². The number of carbonyl (C=O) groups is 2. The predicted molar refractivity (Wildman–Crippen MR) is 131 cm³/mol. The molecule has 194 valence electrons. The minimum atomic E-state index is -4.11. The van der Waals surface area contributed by atoms with Crippen molar-refractivity contribution >= 4 is 27.5 Å². The minimum Gasteiger partial charge on any atom is -0.489 e. The fraction of sp³-hybridized carbons (Fsp3) is 0.292. The number of aromatic amines is 1. The van der Waals surface area contributed by atoms with Gasteiger partial charge in [0.25, 0.3) is 11.8 Å². The number of aryl methyl sites for hydroxylation is 2. The van der Waals surface area contributed by atoms with Gasteiger partial charge in [0.1, 0.15) is 10.7 Å². The third-order valence-electron chi connectivity index (χ3n) is 6.53. The molecule has 4 heterocycles. The fourth-order valence-electron chi connectivity index (χ4n) is 4.60. The summed E-state index contributed by atoms with van der Waals surface area (Å²) in [6.07, 6.45) is 2.61. The van der Waals surface area contributed by atoms with Crippen LogP contribution in [0.2, 0.25) is 0 Å². The number of pyridine rings is 1. The van der Waals surface area contributed by atoms with Crippen LogP contribution in [0, 0.1) is 18.7 Å². The summed E-state index contributed by atoms with van der Waals surface area (Å²) >= 11 is 0. The molecule has 3 N–H and O–H groups in total. The Hall–Kier alpha value is -3.97. The van der Waals surface area contributed by atoms with Crippen molar-refractivity contribution in [2.45, 2.75) is 17.9 Å². The van der Waals surface area contributed by atoms with E-state index >= 15 is 0 Å². The van der Waals surface area contributed by atoms with Gasteiger partial charge in [-0.2, -0.15) is 0 Å². The second-order valence-corrected chi connectivity index (χ2v) is 10.8. The minimum absolute atomic E-state index is 0.0139. The van der Waals surface area contributed by atoms with Gasteiger partial charge in [0.15, 0.2) is 11.4 Å². The number of carbonyl (C=O) groups excluding carboxylic acids is 2. The molecule has 1 saturated heterocycles. The van der Waals surface area contributed by atoms with Crippen molar-refractivity contribution in [1.29, 1.82) is 0 Å². The molecule has 2 atom stereocenters. The van der Waals surface area contributed by atoms with Gasteiger partial charge in [-0.25, -0.2) is 17.5 Å². The second-order valence-electron chi connectivity index (χ2n) is 9.15. The van der Waals surface area contributed by atoms with Gasteiger partial charge in [0, 0.05) is 56.2 Å². The highest BCUT2D eigenvalue weighted by Crippen LogP contribution is 2.35. The quantitative estimate of drug-likeness (QED) is 0.466. The van der Waals surface area contributed by atoms with Crippen LogP contribution in [-0.2, 0) is 17.1 Å². The normalized spacial score (nSPS) is 20.2. The number of ether oxygens (including phenoxy) is 1. The Morgan fingerprint density at radius 2 is 1.97 bits per heavy atom. The number of nitrogens with one attached hydrogen (secondary N) is 3. The first kappa shape index (κ1) is 24.7. The van der Waals surface area contributed by atoms with Crippen molar-refractivity contribution in [3.05, 3.63) is 75.7 Å². The zero-order chi connectivity index (χ0) is 26.5. The number of aromatic nitrogens is 2. The molecule has 0 saturated carbocycles. The van der Waals surface area contributed by atoms with E-state index in [0.717, 1.165) is 0 Å². The molecular weight excluding hydrogens is 505 g/mol. The van der Waals surface area contributed by atoms with Crippen molar-refractivity contribution in [3.63, 3.8) is 0 Å². The van der Waals surface area contributed by atoms with Crippen LogP contribution in [0.3, 0.4) is 0 Å². The van der Waals surface area contributed by atoms with Gasteiger partial charge in [-0.1, -0.05) is 0 Å². The van der Waals surface area contributed by atoms with E-state index in [1.807, 2.05) is 0 Å². The Bertz CT molecular complexity index is 1560. The number of halogens is 1. The lowest BCUT2D eigenvalue weighted by Crippen LogP contribution is -2.43. The number of hydrogen-bond donors (Lipinski definition) is 3. The average Bonchev–Trinajstić information content (AvgIpc) is 3.39. The van der Waals surface area contributed by atoms with Crippen molar-refractivity contribution in [3.8, 4) is 5.75 Å². The highest BCUT2D eigenvalue weighted by Gasteiger charge is 2.42. The molecule has 3 aromatic rings. The van der Waals surface area contributed by atoms with E-state index in [0.29, 0.717) is 11.3 Å². The average molecular weight is 530 g/mol. The number of hydrogen-bond acceptors (Lipinski definition) is 6. The summed E-state index contributed by atoms with van der Waals surface area (Å²) in [6.45, 7) is 1.94. The van der Waals surface area contributed by atoms with Crippen molar-refractivity contribution < 1.29 is 27.1 Å². The van der Waals surface area contributed by atoms with Gasteiger partial charge >= 0.3 is 0 Å². The SMILES string of the molecule is Cc1cc(NC(=O)c2c3c(cn2C)S(=O)(=O)N[C@@H]2CN(C(=O)c4ccc(=O)[nH]c4)C[C@@H]2CO3)ccc1F. The maximum absolute atomic E-state index is 13.6. The molecule has 0 spiro atoms. The molecule has 0 aliphatic carbocycles. The molecule has 0 bridgehead atoms. The molecule has 1 aromatic carbocycles. The number of fused-ring (bicyclic) bond motifs is 2. The summed E-state index contributed by atoms with van der Waals surface area (Å²) in [5.41, 5.74) is 0.610. The van der Waals surface area contributed by atoms with Crippen LogP contribution in [0.15, 0.2) is 52.4 Å². The van der Waals surface area contributed by atoms with E-state index in [1.54, 1.807) is 6.92 Å². The monoisotopic (exact) mass is 529 g/mol. The van der Waals surface area contributed by atoms with E-state index < -0.39 is 27.8 Å². The van der Waals surface area contributed by atoms with Gasteiger partial charge in [-0.15, -0.1) is 0 Å². The zero-order valence-electron chi connectivity index (χ0n) is 19.9. The van der Waals surface area contributed by atoms with E-state index in [4.69, 9.17) is 4.74 Å². The van der Waals surface area contributed by atoms with Crippen LogP contribution in [0.4, 0.5) is 10.1 Å². The Balaban J connectivity index is 1.40. The van der Waals surface area contributed by atoms with Gasteiger partial charge in [0.05, 0.1) is 12.2 Å². The molecule has 37 heavy (non-hydrogen) atoms. The highest BCUT2D eigenvalue weighted by molar-refractivity contribution is 7.89. The lowest BCUT2D eigenvalue weighted by Gasteiger charge is -2.23. The lowest BCUT2D eigenvalue weighted by atomic mass is 10.1. The van der Waals surface area contributed by atoms with E-state index in [-0.39, 0.29) is 59.0 Å². The lowest BCUT2D eigenvalue weighted by molar-refractivity contribution is 0.0781. The highest BCUT2D eigenvalue weighted by atomic mass is 32.2. The maximum atomic E-state index is 13.6. The van der Waals surface area contributed by atoms with Gasteiger partial charge in [-0.3, -0.25) is 14.4 Å². The summed E-state index contributed by atoms with van der Waals surface area (Å²) in [4.78, 5) is 41.1. The summed E-state index contributed by atoms with van der Waals surface area (Å²) < 4.78 is 50.1. The number of anilines is 1. The van der Waals surface area contributed by atoms with Gasteiger partial charge in [0.2, 0.25) is 15.6 Å². The number of likely N-dealkylation sites (tertiary alicyclic amines) is 1. The second kappa shape index (κ2) is 9.16. The van der Waals surface area contributed by atoms with E-state index in [9.17, 15) is 27.2 Å². The molecule has 5 rings (SSSR count). The predicted octanol–water partition coefficient (Wildman–Crippen LogP) is 1.22. The Kier molecular flexibility index (Phi) is 6.12. The smallest absolute Gasteiger partial charge is 0.276 e. The van der Waals surface area contributed by atoms with Crippen LogP contribution >= 0.6 is 0 Å². The summed E-state index contributed by atoms with van der Waals surface area (Å²) in [5.74, 6) is -1.87. The summed E-state index contributed by atoms with van der Waals surface area (Å²) in [6, 6.07) is 6.15. The van der Waals surface area contributed by atoms with E-state index in [1.165, 1.54) is 59.2 Å². The number of amides is 2. The Morgan fingerprint density at radius 1 is 1.19 bits per heavy atom. The molecule has 13 heteroatoms. The molecule has 2 aliphatic heterocycles. The van der Waals surface area contributed by atoms with E-state index in [2.05, 4.69) is 15.0 Å². The van der Waals surface area contributed by atoms with Gasteiger partial charge in [-0.05, 0) is 36.8 Å². The molecular formula is C24H24FN5O6S. The zero-order valence-corrected chi connectivity index (χ0v) is 20.8. The summed E-state index contributed by atoms with van der Waals surface area (Å²) in [7, 11) is -2.58. The van der Waals surface area contributed by atoms with Crippen molar-refractivity contribution in [2.24, 2.45) is 13.0 Å². The van der Waals surface area contributed by atoms with Gasteiger partial charge < -0.3 is 24.5 Å². The standard InChI is InChI=1S/C24H24FN5O6S/c1-13-7-16(4-5-17(13)25)27-23(32)21-22-19(11-29(21)2)37(34,35)28-18-10-30(9-15(18)12-36-22)24(33)14-3-6-20(31)26-8-14/h3-8,11,15,18,28H,9-10,12H2,1-2H3,(H,26,31)(H,27,32)/t15-,18-/m1/s1. The topological polar surface area (TPSA) is 143 Å². The molecule has 2 amide bonds. The number of rotatable bonds is 3. The maximum Gasteiger partial charge on any atom is 0.276 e. The third kappa shape index (κ3) is 4.62.